The van der Waals surface area contributed by atoms with Gasteiger partial charge in [-0.05, 0) is 36.4 Å². The number of nitrogens with zero attached hydrogens (tertiary/aromatic N) is 4. The van der Waals surface area contributed by atoms with E-state index in [1.54, 1.807) is 36.4 Å². The van der Waals surface area contributed by atoms with E-state index < -0.39 is 27.8 Å². The Morgan fingerprint density at radius 1 is 0.895 bits per heavy atom. The van der Waals surface area contributed by atoms with Gasteiger partial charge in [0.05, 0.1) is 40.7 Å². The zero-order valence-electron chi connectivity index (χ0n) is 22.0. The molecule has 12 nitrogen and oxygen atoms in total. The Balaban J connectivity index is 1.80. The minimum absolute atomic E-state index is 0.0239. The van der Waals surface area contributed by atoms with Crippen molar-refractivity contribution in [3.63, 3.8) is 0 Å². The number of methoxy groups -OCH3 is 4. The average molecular weight is 547 g/mol. The summed E-state index contributed by atoms with van der Waals surface area (Å²) in [5.74, 6) is 0.926. The lowest BCUT2D eigenvalue weighted by Crippen LogP contribution is -2.53. The van der Waals surface area contributed by atoms with Crippen LogP contribution >= 0.6 is 0 Å². The fourth-order valence-electron chi connectivity index (χ4n) is 4.38. The number of anilines is 1. The fraction of sp³-hybridized carbons (Fsp3) is 0.360. The first-order valence-electron chi connectivity index (χ1n) is 11.5. The number of sulfone groups is 1. The molecule has 0 radical (unpaired) electrons. The summed E-state index contributed by atoms with van der Waals surface area (Å²) in [6, 6.07) is 10.0. The van der Waals surface area contributed by atoms with Crippen LogP contribution in [0.1, 0.15) is 21.6 Å². The van der Waals surface area contributed by atoms with Crippen LogP contribution in [0.5, 0.6) is 23.0 Å². The lowest BCUT2D eigenvalue weighted by Gasteiger charge is -2.38. The SMILES string of the molecule is COc1ccc(OC)c(CN2c3nc(S(=O)(=O)Cc4cc(OC)ccc4OC)n(C)c3C(=O)N(C)C2O)c1. The molecule has 1 atom stereocenters. The molecule has 1 aromatic heterocycles. The van der Waals surface area contributed by atoms with Gasteiger partial charge < -0.3 is 33.5 Å². The van der Waals surface area contributed by atoms with Crippen molar-refractivity contribution in [2.24, 2.45) is 7.05 Å². The molecule has 1 aliphatic rings. The standard InChI is InChI=1S/C25H30N4O8S/c1-27-21-22(26-24(27)38(32,33)14-16-12-18(35-4)8-10-20(16)37-6)29(25(31)28(2)23(21)30)13-15-11-17(34-3)7-9-19(15)36-5/h7-12,25,31H,13-14H2,1-6H3. The predicted molar refractivity (Wildman–Crippen MR) is 137 cm³/mol. The number of aromatic nitrogens is 2. The normalized spacial score (nSPS) is 15.3. The quantitative estimate of drug-likeness (QED) is 0.424. The Labute approximate surface area is 220 Å². The van der Waals surface area contributed by atoms with Gasteiger partial charge in [0.15, 0.2) is 11.5 Å². The molecule has 1 unspecified atom stereocenters. The third kappa shape index (κ3) is 4.70. The van der Waals surface area contributed by atoms with Gasteiger partial charge in [-0.25, -0.2) is 8.42 Å². The molecule has 0 saturated carbocycles. The number of hydrogen-bond acceptors (Lipinski definition) is 10. The van der Waals surface area contributed by atoms with Gasteiger partial charge >= 0.3 is 0 Å². The average Bonchev–Trinajstić information content (AvgIpc) is 3.27. The molecule has 0 fully saturated rings. The molecule has 0 saturated heterocycles. The number of imidazole rings is 1. The van der Waals surface area contributed by atoms with Crippen LogP contribution < -0.4 is 23.8 Å². The van der Waals surface area contributed by atoms with Crippen molar-refractivity contribution < 1.29 is 37.3 Å². The molecule has 1 aliphatic heterocycles. The minimum Gasteiger partial charge on any atom is -0.497 e. The maximum absolute atomic E-state index is 13.6. The molecule has 3 aromatic rings. The van der Waals surface area contributed by atoms with Gasteiger partial charge in [-0.1, -0.05) is 0 Å². The topological polar surface area (TPSA) is 133 Å². The molecule has 4 rings (SSSR count). The lowest BCUT2D eigenvalue weighted by atomic mass is 10.1. The lowest BCUT2D eigenvalue weighted by molar-refractivity contribution is 0.0116. The van der Waals surface area contributed by atoms with Crippen molar-refractivity contribution in [1.82, 2.24) is 14.5 Å². The Kier molecular flexibility index (Phi) is 7.42. The van der Waals surface area contributed by atoms with Crippen molar-refractivity contribution in [2.45, 2.75) is 23.8 Å². The molecule has 0 spiro atoms. The smallest absolute Gasteiger partial charge is 0.277 e. The molecule has 1 N–H and O–H groups in total. The van der Waals surface area contributed by atoms with E-state index in [0.717, 1.165) is 4.90 Å². The maximum atomic E-state index is 13.6. The van der Waals surface area contributed by atoms with Gasteiger partial charge in [-0.2, -0.15) is 4.98 Å². The highest BCUT2D eigenvalue weighted by Crippen LogP contribution is 2.36. The highest BCUT2D eigenvalue weighted by Gasteiger charge is 2.41. The summed E-state index contributed by atoms with van der Waals surface area (Å²) >= 11 is 0. The molecular weight excluding hydrogens is 516 g/mol. The van der Waals surface area contributed by atoms with E-state index in [9.17, 15) is 18.3 Å². The summed E-state index contributed by atoms with van der Waals surface area (Å²) in [4.78, 5) is 20.1. The van der Waals surface area contributed by atoms with Crippen LogP contribution in [-0.2, 0) is 29.2 Å². The van der Waals surface area contributed by atoms with E-state index >= 15 is 0 Å². The van der Waals surface area contributed by atoms with E-state index in [0.29, 0.717) is 34.1 Å². The summed E-state index contributed by atoms with van der Waals surface area (Å²) < 4.78 is 49.8. The van der Waals surface area contributed by atoms with Gasteiger partial charge in [0.2, 0.25) is 21.3 Å². The zero-order chi connectivity index (χ0) is 27.8. The molecule has 2 aromatic carbocycles. The van der Waals surface area contributed by atoms with Crippen LogP contribution in [0.25, 0.3) is 0 Å². The summed E-state index contributed by atoms with van der Waals surface area (Å²) in [6.07, 6.45) is -1.41. The summed E-state index contributed by atoms with van der Waals surface area (Å²) in [5, 5.41) is 10.7. The van der Waals surface area contributed by atoms with E-state index in [1.807, 2.05) is 0 Å². The third-order valence-electron chi connectivity index (χ3n) is 6.40. The van der Waals surface area contributed by atoms with Gasteiger partial charge in [0, 0.05) is 25.2 Å². The first-order valence-corrected chi connectivity index (χ1v) is 13.1. The first-order chi connectivity index (χ1) is 18.1. The number of carbonyl (C=O) groups excluding carboxylic acids is 1. The van der Waals surface area contributed by atoms with Crippen LogP contribution in [0.15, 0.2) is 41.6 Å². The minimum atomic E-state index is -4.08. The molecule has 1 amide bonds. The summed E-state index contributed by atoms with van der Waals surface area (Å²) in [6.45, 7) is 0.0480. The third-order valence-corrected chi connectivity index (χ3v) is 8.01. The highest BCUT2D eigenvalue weighted by molar-refractivity contribution is 7.90. The molecule has 2 heterocycles. The fourth-order valence-corrected chi connectivity index (χ4v) is 5.88. The number of rotatable bonds is 9. The second-order valence-corrected chi connectivity index (χ2v) is 10.5. The molecule has 38 heavy (non-hydrogen) atoms. The Hall–Kier alpha value is -3.97. The number of aliphatic hydroxyl groups is 1. The highest BCUT2D eigenvalue weighted by atomic mass is 32.2. The Bertz CT molecular complexity index is 1470. The first kappa shape index (κ1) is 27.1. The van der Waals surface area contributed by atoms with Crippen molar-refractivity contribution in [2.75, 3.05) is 40.4 Å². The monoisotopic (exact) mass is 546 g/mol. The molecule has 0 bridgehead atoms. The van der Waals surface area contributed by atoms with Gasteiger partial charge in [0.1, 0.15) is 23.0 Å². The van der Waals surface area contributed by atoms with Crippen molar-refractivity contribution >= 4 is 21.6 Å². The van der Waals surface area contributed by atoms with Gasteiger partial charge in [0.25, 0.3) is 5.91 Å². The van der Waals surface area contributed by atoms with E-state index in [4.69, 9.17) is 18.9 Å². The number of ether oxygens (including phenoxy) is 4. The van der Waals surface area contributed by atoms with Crippen LogP contribution in [-0.4, -0.2) is 75.7 Å². The molecule has 0 aliphatic carbocycles. The van der Waals surface area contributed by atoms with Crippen LogP contribution in [0.2, 0.25) is 0 Å². The van der Waals surface area contributed by atoms with E-state index in [2.05, 4.69) is 4.98 Å². The number of carbonyl (C=O) groups is 1. The summed E-state index contributed by atoms with van der Waals surface area (Å²) in [7, 11) is 4.76. The second-order valence-electron chi connectivity index (χ2n) is 8.63. The number of hydrogen-bond donors (Lipinski definition) is 1. The molecule has 204 valence electrons. The second kappa shape index (κ2) is 10.4. The van der Waals surface area contributed by atoms with Crippen LogP contribution in [0, 0.1) is 0 Å². The van der Waals surface area contributed by atoms with Crippen LogP contribution in [0.4, 0.5) is 5.82 Å². The van der Waals surface area contributed by atoms with E-state index in [1.165, 1.54) is 52.0 Å². The van der Waals surface area contributed by atoms with Crippen molar-refractivity contribution in [1.29, 1.82) is 0 Å². The van der Waals surface area contributed by atoms with Crippen molar-refractivity contribution in [3.05, 3.63) is 53.2 Å². The molecule has 13 heteroatoms. The Morgan fingerprint density at radius 2 is 1.45 bits per heavy atom. The van der Waals surface area contributed by atoms with Crippen LogP contribution in [0.3, 0.4) is 0 Å². The van der Waals surface area contributed by atoms with Gasteiger partial charge in [-0.15, -0.1) is 0 Å². The zero-order valence-corrected chi connectivity index (χ0v) is 22.8. The predicted octanol–water partition coefficient (Wildman–Crippen LogP) is 1.80. The Morgan fingerprint density at radius 3 is 2.00 bits per heavy atom. The number of benzene rings is 2. The summed E-state index contributed by atoms with van der Waals surface area (Å²) in [5.41, 5.74) is 1.03. The van der Waals surface area contributed by atoms with Crippen molar-refractivity contribution in [3.8, 4) is 23.0 Å². The number of aliphatic hydroxyl groups excluding tert-OH is 1. The maximum Gasteiger partial charge on any atom is 0.277 e. The number of amides is 1. The van der Waals surface area contributed by atoms with E-state index in [-0.39, 0.29) is 23.2 Å². The largest absolute Gasteiger partial charge is 0.497 e. The van der Waals surface area contributed by atoms with Gasteiger partial charge in [-0.3, -0.25) is 9.69 Å². The molecular formula is C25H30N4O8S. The number of fused-ring (bicyclic) bond motifs is 1.